The normalized spacial score (nSPS) is 21.4. The number of allylic oxidation sites excluding steroid dienone is 1. The Kier molecular flexibility index (Phi) is 2.65. The molecule has 1 aromatic carbocycles. The zero-order valence-electron chi connectivity index (χ0n) is 7.74. The van der Waals surface area contributed by atoms with Crippen LogP contribution in [0.15, 0.2) is 42.5 Å². The van der Waals surface area contributed by atoms with Gasteiger partial charge in [-0.25, -0.2) is 0 Å². The number of benzene rings is 1. The van der Waals surface area contributed by atoms with E-state index >= 15 is 0 Å². The van der Waals surface area contributed by atoms with E-state index in [1.165, 1.54) is 24.9 Å². The van der Waals surface area contributed by atoms with Crippen LogP contribution in [0.2, 0.25) is 0 Å². The van der Waals surface area contributed by atoms with Crippen LogP contribution in [0.1, 0.15) is 19.3 Å². The quantitative estimate of drug-likeness (QED) is 0.677. The smallest absolute Gasteiger partial charge is 0.0444 e. The number of nitrogens with one attached hydrogen (secondary N) is 1. The largest absolute Gasteiger partial charge is 0.379 e. The highest BCUT2D eigenvalue weighted by Gasteiger charge is 2.06. The number of hydrogen-bond donors (Lipinski definition) is 1. The highest BCUT2D eigenvalue weighted by molar-refractivity contribution is 5.44. The van der Waals surface area contributed by atoms with Gasteiger partial charge in [0.2, 0.25) is 0 Å². The molecule has 1 atom stereocenters. The summed E-state index contributed by atoms with van der Waals surface area (Å²) < 4.78 is 0. The molecule has 1 heteroatoms. The summed E-state index contributed by atoms with van der Waals surface area (Å²) in [6.45, 7) is 0. The van der Waals surface area contributed by atoms with Crippen LogP contribution in [0.25, 0.3) is 0 Å². The SMILES string of the molecule is C1=C[C@@H](Nc2ccccc2)CCC1. The first-order chi connectivity index (χ1) is 6.45. The van der Waals surface area contributed by atoms with E-state index in [1.54, 1.807) is 0 Å². The predicted molar refractivity (Wildman–Crippen MR) is 56.8 cm³/mol. The lowest BCUT2D eigenvalue weighted by Crippen LogP contribution is -2.18. The second-order valence-corrected chi connectivity index (χ2v) is 3.48. The van der Waals surface area contributed by atoms with Crippen molar-refractivity contribution in [1.82, 2.24) is 0 Å². The summed E-state index contributed by atoms with van der Waals surface area (Å²) in [7, 11) is 0. The van der Waals surface area contributed by atoms with E-state index in [-0.39, 0.29) is 0 Å². The van der Waals surface area contributed by atoms with Crippen molar-refractivity contribution in [3.05, 3.63) is 42.5 Å². The Morgan fingerprint density at radius 1 is 1.15 bits per heavy atom. The molecule has 0 bridgehead atoms. The molecule has 0 amide bonds. The lowest BCUT2D eigenvalue weighted by atomic mass is 10.0. The molecule has 1 N–H and O–H groups in total. The Labute approximate surface area is 79.5 Å². The number of para-hydroxylation sites is 1. The maximum atomic E-state index is 3.49. The molecular weight excluding hydrogens is 158 g/mol. The first kappa shape index (κ1) is 8.36. The molecule has 1 nitrogen and oxygen atoms in total. The van der Waals surface area contributed by atoms with E-state index in [0.29, 0.717) is 6.04 Å². The van der Waals surface area contributed by atoms with Gasteiger partial charge >= 0.3 is 0 Å². The van der Waals surface area contributed by atoms with E-state index in [1.807, 2.05) is 6.07 Å². The predicted octanol–water partition coefficient (Wildman–Crippen LogP) is 3.21. The first-order valence-electron chi connectivity index (χ1n) is 4.93. The maximum Gasteiger partial charge on any atom is 0.0444 e. The Hall–Kier alpha value is -1.24. The fourth-order valence-corrected chi connectivity index (χ4v) is 1.68. The molecule has 2 rings (SSSR count). The van der Waals surface area contributed by atoms with Gasteiger partial charge in [-0.1, -0.05) is 30.4 Å². The zero-order valence-corrected chi connectivity index (χ0v) is 7.74. The Bertz CT molecular complexity index is 276. The summed E-state index contributed by atoms with van der Waals surface area (Å²) >= 11 is 0. The van der Waals surface area contributed by atoms with Gasteiger partial charge in [0.25, 0.3) is 0 Å². The van der Waals surface area contributed by atoms with Crippen molar-refractivity contribution in [3.8, 4) is 0 Å². The molecule has 1 aliphatic carbocycles. The minimum atomic E-state index is 0.538. The number of hydrogen-bond acceptors (Lipinski definition) is 1. The van der Waals surface area contributed by atoms with Crippen LogP contribution in [0.4, 0.5) is 5.69 Å². The van der Waals surface area contributed by atoms with Gasteiger partial charge in [0, 0.05) is 11.7 Å². The zero-order chi connectivity index (χ0) is 8.93. The van der Waals surface area contributed by atoms with Gasteiger partial charge in [0.1, 0.15) is 0 Å². The lowest BCUT2D eigenvalue weighted by Gasteiger charge is -2.18. The Morgan fingerprint density at radius 3 is 2.69 bits per heavy atom. The van der Waals surface area contributed by atoms with E-state index in [2.05, 4.69) is 41.7 Å². The third-order valence-electron chi connectivity index (χ3n) is 2.38. The van der Waals surface area contributed by atoms with Gasteiger partial charge in [-0.15, -0.1) is 0 Å². The van der Waals surface area contributed by atoms with Crippen molar-refractivity contribution in [2.45, 2.75) is 25.3 Å². The van der Waals surface area contributed by atoms with Crippen LogP contribution in [0, 0.1) is 0 Å². The molecule has 0 spiro atoms. The summed E-state index contributed by atoms with van der Waals surface area (Å²) in [6.07, 6.45) is 8.35. The van der Waals surface area contributed by atoms with E-state index < -0.39 is 0 Å². The average molecular weight is 173 g/mol. The molecule has 0 aliphatic heterocycles. The minimum absolute atomic E-state index is 0.538. The van der Waals surface area contributed by atoms with Crippen molar-refractivity contribution < 1.29 is 0 Å². The third-order valence-corrected chi connectivity index (χ3v) is 2.38. The Morgan fingerprint density at radius 2 is 2.00 bits per heavy atom. The molecule has 13 heavy (non-hydrogen) atoms. The van der Waals surface area contributed by atoms with Crippen molar-refractivity contribution in [1.29, 1.82) is 0 Å². The molecule has 0 saturated carbocycles. The van der Waals surface area contributed by atoms with Crippen LogP contribution < -0.4 is 5.32 Å². The summed E-state index contributed by atoms with van der Waals surface area (Å²) in [5.74, 6) is 0. The van der Waals surface area contributed by atoms with Crippen molar-refractivity contribution in [2.24, 2.45) is 0 Å². The van der Waals surface area contributed by atoms with Gasteiger partial charge in [-0.2, -0.15) is 0 Å². The second-order valence-electron chi connectivity index (χ2n) is 3.48. The van der Waals surface area contributed by atoms with Crippen molar-refractivity contribution >= 4 is 5.69 Å². The molecule has 0 heterocycles. The monoisotopic (exact) mass is 173 g/mol. The topological polar surface area (TPSA) is 12.0 Å². The van der Waals surface area contributed by atoms with Gasteiger partial charge in [0.05, 0.1) is 0 Å². The fourth-order valence-electron chi connectivity index (χ4n) is 1.68. The van der Waals surface area contributed by atoms with Crippen molar-refractivity contribution in [3.63, 3.8) is 0 Å². The van der Waals surface area contributed by atoms with Gasteiger partial charge in [-0.05, 0) is 31.4 Å². The molecule has 0 radical (unpaired) electrons. The van der Waals surface area contributed by atoms with E-state index in [0.717, 1.165) is 0 Å². The van der Waals surface area contributed by atoms with Crippen molar-refractivity contribution in [2.75, 3.05) is 5.32 Å². The van der Waals surface area contributed by atoms with Gasteiger partial charge in [0.15, 0.2) is 0 Å². The van der Waals surface area contributed by atoms with Gasteiger partial charge in [-0.3, -0.25) is 0 Å². The fraction of sp³-hybridized carbons (Fsp3) is 0.333. The van der Waals surface area contributed by atoms with E-state index in [4.69, 9.17) is 0 Å². The van der Waals surface area contributed by atoms with E-state index in [9.17, 15) is 0 Å². The number of anilines is 1. The summed E-state index contributed by atoms with van der Waals surface area (Å²) in [5, 5.41) is 3.49. The molecule has 1 aliphatic rings. The maximum absolute atomic E-state index is 3.49. The lowest BCUT2D eigenvalue weighted by molar-refractivity contribution is 0.674. The first-order valence-corrected chi connectivity index (χ1v) is 4.93. The molecule has 0 unspecified atom stereocenters. The second kappa shape index (κ2) is 4.13. The molecular formula is C12H15N. The molecule has 1 aromatic rings. The highest BCUT2D eigenvalue weighted by atomic mass is 14.9. The highest BCUT2D eigenvalue weighted by Crippen LogP contribution is 2.15. The molecule has 68 valence electrons. The summed E-state index contributed by atoms with van der Waals surface area (Å²) in [5.41, 5.74) is 1.22. The Balaban J connectivity index is 1.98. The molecule has 0 aromatic heterocycles. The van der Waals surface area contributed by atoms with Crippen LogP contribution in [-0.4, -0.2) is 6.04 Å². The van der Waals surface area contributed by atoms with Crippen LogP contribution >= 0.6 is 0 Å². The van der Waals surface area contributed by atoms with Crippen LogP contribution in [-0.2, 0) is 0 Å². The van der Waals surface area contributed by atoms with Crippen LogP contribution in [0.5, 0.6) is 0 Å². The minimum Gasteiger partial charge on any atom is -0.379 e. The molecule has 0 saturated heterocycles. The molecule has 0 fully saturated rings. The summed E-state index contributed by atoms with van der Waals surface area (Å²) in [6, 6.07) is 10.9. The van der Waals surface area contributed by atoms with Gasteiger partial charge < -0.3 is 5.32 Å². The van der Waals surface area contributed by atoms with Crippen LogP contribution in [0.3, 0.4) is 0 Å². The average Bonchev–Trinajstić information content (AvgIpc) is 2.21. The standard InChI is InChI=1S/C12H15N/c1-3-7-11(8-4-1)13-12-9-5-2-6-10-12/h1,3-5,7-9,12-13H,2,6,10H2/t12-/m1/s1. The third kappa shape index (κ3) is 2.35. The summed E-state index contributed by atoms with van der Waals surface area (Å²) in [4.78, 5) is 0. The number of rotatable bonds is 2.